The lowest BCUT2D eigenvalue weighted by atomic mass is 10.3. The quantitative estimate of drug-likeness (QED) is 0.423. The predicted molar refractivity (Wildman–Crippen MR) is 113 cm³/mol. The molecule has 0 bridgehead atoms. The Morgan fingerprint density at radius 3 is 1.93 bits per heavy atom. The lowest BCUT2D eigenvalue weighted by Gasteiger charge is -2.12. The molecule has 0 aliphatic rings. The van der Waals surface area contributed by atoms with Crippen LogP contribution in [0.4, 0.5) is 0 Å². The first-order chi connectivity index (χ1) is 14.7. The number of rotatable bonds is 4. The average molecular weight is 413 g/mol. The van der Waals surface area contributed by atoms with Crippen molar-refractivity contribution < 1.29 is 4.21 Å². The number of nitrogens with zero attached hydrogens (tertiary/aromatic N) is 5. The van der Waals surface area contributed by atoms with Gasteiger partial charge in [0.15, 0.2) is 11.2 Å². The van der Waals surface area contributed by atoms with E-state index < -0.39 is 16.4 Å². The van der Waals surface area contributed by atoms with Gasteiger partial charge in [0.2, 0.25) is 5.16 Å². The van der Waals surface area contributed by atoms with Gasteiger partial charge in [-0.3, -0.25) is 9.36 Å². The van der Waals surface area contributed by atoms with Gasteiger partial charge in [-0.05, 0) is 36.4 Å². The van der Waals surface area contributed by atoms with Gasteiger partial charge < -0.3 is 0 Å². The Morgan fingerprint density at radius 2 is 1.30 bits per heavy atom. The van der Waals surface area contributed by atoms with E-state index in [0.29, 0.717) is 16.3 Å². The molecule has 7 nitrogen and oxygen atoms in total. The van der Waals surface area contributed by atoms with Crippen LogP contribution in [-0.2, 0) is 10.8 Å². The molecule has 3 aromatic carbocycles. The monoisotopic (exact) mass is 413 g/mol. The van der Waals surface area contributed by atoms with E-state index in [2.05, 4.69) is 15.3 Å². The third kappa shape index (κ3) is 3.03. The number of fused-ring (bicyclic) bond motifs is 1. The molecule has 0 aliphatic carbocycles. The number of para-hydroxylation sites is 2. The Hall–Kier alpha value is -3.91. The molecular weight excluding hydrogens is 398 g/mol. The maximum atomic E-state index is 13.4. The fourth-order valence-electron chi connectivity index (χ4n) is 3.17. The standard InChI is InChI=1S/C22H15N5O2S/c28-21-19-20(27(25-24-19)17-12-6-2-7-13-17)23-22(26(21)16-10-4-1-5-11-16)30(29)18-14-8-3-9-15-18/h1-15H. The van der Waals surface area contributed by atoms with Crippen LogP contribution >= 0.6 is 0 Å². The molecule has 0 fully saturated rings. The zero-order valence-electron chi connectivity index (χ0n) is 15.6. The molecular formula is C22H15N5O2S. The van der Waals surface area contributed by atoms with Crippen LogP contribution in [0.3, 0.4) is 0 Å². The lowest BCUT2D eigenvalue weighted by molar-refractivity contribution is 0.666. The minimum atomic E-state index is -1.69. The maximum Gasteiger partial charge on any atom is 0.289 e. The van der Waals surface area contributed by atoms with E-state index in [9.17, 15) is 9.00 Å². The fourth-order valence-corrected chi connectivity index (χ4v) is 4.31. The molecule has 0 aliphatic heterocycles. The second-order valence-corrected chi connectivity index (χ2v) is 7.84. The molecule has 0 radical (unpaired) electrons. The van der Waals surface area contributed by atoms with Crippen LogP contribution < -0.4 is 5.56 Å². The second-order valence-electron chi connectivity index (χ2n) is 6.46. The van der Waals surface area contributed by atoms with Crippen molar-refractivity contribution in [3.8, 4) is 11.4 Å². The zero-order valence-corrected chi connectivity index (χ0v) is 16.4. The molecule has 2 heterocycles. The second kappa shape index (κ2) is 7.49. The van der Waals surface area contributed by atoms with E-state index in [0.717, 1.165) is 0 Å². The molecule has 0 saturated heterocycles. The molecule has 5 aromatic rings. The molecule has 5 rings (SSSR count). The molecule has 0 spiro atoms. The van der Waals surface area contributed by atoms with Crippen molar-refractivity contribution in [2.24, 2.45) is 0 Å². The van der Waals surface area contributed by atoms with Crippen LogP contribution in [0.15, 0.2) is 106 Å². The molecule has 30 heavy (non-hydrogen) atoms. The minimum Gasteiger partial charge on any atom is -0.266 e. The SMILES string of the molecule is O=c1c2nnn(-c3ccccc3)c2nc(S(=O)c2ccccc2)n1-c1ccccc1. The maximum absolute atomic E-state index is 13.4. The number of hydrogen-bond donors (Lipinski definition) is 0. The van der Waals surface area contributed by atoms with Crippen molar-refractivity contribution in [2.75, 3.05) is 0 Å². The molecule has 0 saturated carbocycles. The Kier molecular flexibility index (Phi) is 4.53. The van der Waals surface area contributed by atoms with E-state index in [1.807, 2.05) is 54.6 Å². The Morgan fingerprint density at radius 1 is 0.733 bits per heavy atom. The highest BCUT2D eigenvalue weighted by atomic mass is 32.2. The highest BCUT2D eigenvalue weighted by Crippen LogP contribution is 2.20. The average Bonchev–Trinajstić information content (AvgIpc) is 3.25. The lowest BCUT2D eigenvalue weighted by Crippen LogP contribution is -2.25. The van der Waals surface area contributed by atoms with Crippen LogP contribution in [-0.4, -0.2) is 28.8 Å². The number of benzene rings is 3. The summed E-state index contributed by atoms with van der Waals surface area (Å²) in [5, 5.41) is 8.31. The summed E-state index contributed by atoms with van der Waals surface area (Å²) in [7, 11) is -1.69. The van der Waals surface area contributed by atoms with E-state index in [1.54, 1.807) is 36.4 Å². The van der Waals surface area contributed by atoms with Gasteiger partial charge in [0.1, 0.15) is 10.8 Å². The zero-order chi connectivity index (χ0) is 20.5. The topological polar surface area (TPSA) is 82.7 Å². The van der Waals surface area contributed by atoms with Crippen LogP contribution in [0, 0.1) is 0 Å². The normalized spacial score (nSPS) is 12.1. The van der Waals surface area contributed by atoms with Crippen molar-refractivity contribution in [2.45, 2.75) is 10.1 Å². The first-order valence-electron chi connectivity index (χ1n) is 9.20. The van der Waals surface area contributed by atoms with Gasteiger partial charge in [0.05, 0.1) is 11.4 Å². The van der Waals surface area contributed by atoms with Gasteiger partial charge >= 0.3 is 0 Å². The van der Waals surface area contributed by atoms with Crippen molar-refractivity contribution >= 4 is 22.0 Å². The highest BCUT2D eigenvalue weighted by Gasteiger charge is 2.22. The summed E-state index contributed by atoms with van der Waals surface area (Å²) >= 11 is 0. The fraction of sp³-hybridized carbons (Fsp3) is 0. The van der Waals surface area contributed by atoms with Gasteiger partial charge in [0, 0.05) is 4.90 Å². The van der Waals surface area contributed by atoms with E-state index in [-0.39, 0.29) is 16.3 Å². The molecule has 2 aromatic heterocycles. The molecule has 146 valence electrons. The van der Waals surface area contributed by atoms with Crippen LogP contribution in [0.5, 0.6) is 0 Å². The first kappa shape index (κ1) is 18.1. The molecule has 0 amide bonds. The van der Waals surface area contributed by atoms with Crippen LogP contribution in [0.2, 0.25) is 0 Å². The van der Waals surface area contributed by atoms with Crippen LogP contribution in [0.1, 0.15) is 0 Å². The third-order valence-corrected chi connectivity index (χ3v) is 5.89. The van der Waals surface area contributed by atoms with E-state index >= 15 is 0 Å². The van der Waals surface area contributed by atoms with Crippen LogP contribution in [0.25, 0.3) is 22.5 Å². The van der Waals surface area contributed by atoms with Crippen molar-refractivity contribution in [1.82, 2.24) is 24.5 Å². The molecule has 1 atom stereocenters. The summed E-state index contributed by atoms with van der Waals surface area (Å²) in [6.45, 7) is 0. The van der Waals surface area contributed by atoms with Gasteiger partial charge in [-0.15, -0.1) is 5.10 Å². The predicted octanol–water partition coefficient (Wildman–Crippen LogP) is 3.13. The Balaban J connectivity index is 1.83. The van der Waals surface area contributed by atoms with E-state index in [1.165, 1.54) is 9.25 Å². The summed E-state index contributed by atoms with van der Waals surface area (Å²) in [6, 6.07) is 27.2. The number of hydrogen-bond acceptors (Lipinski definition) is 5. The smallest absolute Gasteiger partial charge is 0.266 e. The van der Waals surface area contributed by atoms with Crippen molar-refractivity contribution in [3.05, 3.63) is 101 Å². The largest absolute Gasteiger partial charge is 0.289 e. The summed E-state index contributed by atoms with van der Waals surface area (Å²) in [5.74, 6) is 0. The highest BCUT2D eigenvalue weighted by molar-refractivity contribution is 7.85. The Labute approximate surface area is 173 Å². The summed E-state index contributed by atoms with van der Waals surface area (Å²) < 4.78 is 16.3. The molecule has 1 unspecified atom stereocenters. The first-order valence-corrected chi connectivity index (χ1v) is 10.3. The summed E-state index contributed by atoms with van der Waals surface area (Å²) in [5.41, 5.74) is 1.22. The third-order valence-electron chi connectivity index (χ3n) is 4.58. The van der Waals surface area contributed by atoms with Gasteiger partial charge in [-0.2, -0.15) is 9.67 Å². The number of aromatic nitrogens is 5. The van der Waals surface area contributed by atoms with Gasteiger partial charge in [-0.25, -0.2) is 4.21 Å². The van der Waals surface area contributed by atoms with Gasteiger partial charge in [-0.1, -0.05) is 59.8 Å². The van der Waals surface area contributed by atoms with Crippen molar-refractivity contribution in [1.29, 1.82) is 0 Å². The molecule has 8 heteroatoms. The minimum absolute atomic E-state index is 0.108. The Bertz CT molecular complexity index is 1410. The van der Waals surface area contributed by atoms with Crippen molar-refractivity contribution in [3.63, 3.8) is 0 Å². The summed E-state index contributed by atoms with van der Waals surface area (Å²) in [4.78, 5) is 18.6. The summed E-state index contributed by atoms with van der Waals surface area (Å²) in [6.07, 6.45) is 0. The van der Waals surface area contributed by atoms with Gasteiger partial charge in [0.25, 0.3) is 5.56 Å². The van der Waals surface area contributed by atoms with E-state index in [4.69, 9.17) is 0 Å². The molecule has 0 N–H and O–H groups in total.